The monoisotopic (exact) mass is 322 g/mol. The molecule has 6 nitrogen and oxygen atoms in total. The van der Waals surface area contributed by atoms with E-state index in [-0.39, 0.29) is 5.82 Å². The van der Waals surface area contributed by atoms with Gasteiger partial charge in [0.05, 0.1) is 5.69 Å². The summed E-state index contributed by atoms with van der Waals surface area (Å²) < 4.78 is 1.17. The molecule has 0 saturated heterocycles. The van der Waals surface area contributed by atoms with E-state index < -0.39 is 11.6 Å². The van der Waals surface area contributed by atoms with Gasteiger partial charge in [0.15, 0.2) is 0 Å². The van der Waals surface area contributed by atoms with Crippen LogP contribution in [0.3, 0.4) is 0 Å². The van der Waals surface area contributed by atoms with Gasteiger partial charge in [-0.15, -0.1) is 5.10 Å². The van der Waals surface area contributed by atoms with Crippen LogP contribution in [0, 0.1) is 6.92 Å². The number of aromatic amines is 1. The topological polar surface area (TPSA) is 79.8 Å². The van der Waals surface area contributed by atoms with Crippen LogP contribution in [0.25, 0.3) is 5.69 Å². The van der Waals surface area contributed by atoms with Gasteiger partial charge in [0, 0.05) is 5.69 Å². The summed E-state index contributed by atoms with van der Waals surface area (Å²) in [4.78, 5) is 27.0. The summed E-state index contributed by atoms with van der Waals surface area (Å²) >= 11 is 0. The van der Waals surface area contributed by atoms with Gasteiger partial charge in [-0.05, 0) is 36.6 Å². The molecule has 2 aromatic carbocycles. The van der Waals surface area contributed by atoms with Crippen LogP contribution in [0.15, 0.2) is 53.3 Å². The van der Waals surface area contributed by atoms with Gasteiger partial charge in [0.2, 0.25) is 5.82 Å². The van der Waals surface area contributed by atoms with E-state index in [4.69, 9.17) is 0 Å². The lowest BCUT2D eigenvalue weighted by Crippen LogP contribution is -2.16. The molecule has 122 valence electrons. The number of nitrogens with one attached hydrogen (secondary N) is 2. The molecule has 3 rings (SSSR count). The van der Waals surface area contributed by atoms with Gasteiger partial charge >= 0.3 is 5.69 Å². The highest BCUT2D eigenvalue weighted by molar-refractivity contribution is 6.02. The lowest BCUT2D eigenvalue weighted by Gasteiger charge is -2.11. The first-order chi connectivity index (χ1) is 11.6. The largest absolute Gasteiger partial charge is 0.348 e. The Kier molecular flexibility index (Phi) is 4.29. The number of para-hydroxylation sites is 2. The van der Waals surface area contributed by atoms with Crippen molar-refractivity contribution in [2.24, 2.45) is 0 Å². The lowest BCUT2D eigenvalue weighted by atomic mass is 10.1. The third-order valence-electron chi connectivity index (χ3n) is 3.81. The van der Waals surface area contributed by atoms with Crippen molar-refractivity contribution in [2.75, 3.05) is 5.32 Å². The molecule has 2 N–H and O–H groups in total. The number of carbonyl (C=O) groups excluding carboxylic acids is 1. The molecule has 0 fully saturated rings. The Morgan fingerprint density at radius 3 is 2.62 bits per heavy atom. The zero-order chi connectivity index (χ0) is 17.1. The van der Waals surface area contributed by atoms with Crippen molar-refractivity contribution in [3.8, 4) is 5.69 Å². The predicted octanol–water partition coefficient (Wildman–Crippen LogP) is 2.68. The van der Waals surface area contributed by atoms with Gasteiger partial charge in [0.25, 0.3) is 5.91 Å². The summed E-state index contributed by atoms with van der Waals surface area (Å²) in [6, 6.07) is 14.8. The number of carbonyl (C=O) groups is 1. The first kappa shape index (κ1) is 15.7. The van der Waals surface area contributed by atoms with Crippen LogP contribution < -0.4 is 11.0 Å². The van der Waals surface area contributed by atoms with Crippen LogP contribution in [-0.2, 0) is 6.42 Å². The Hall–Kier alpha value is -3.15. The minimum Gasteiger partial charge on any atom is -0.319 e. The Balaban J connectivity index is 1.91. The predicted molar refractivity (Wildman–Crippen MR) is 92.7 cm³/mol. The normalized spacial score (nSPS) is 10.6. The highest BCUT2D eigenvalue weighted by Crippen LogP contribution is 2.21. The second kappa shape index (κ2) is 6.54. The molecule has 24 heavy (non-hydrogen) atoms. The van der Waals surface area contributed by atoms with E-state index in [1.807, 2.05) is 38.1 Å². The van der Waals surface area contributed by atoms with Crippen LogP contribution in [0.2, 0.25) is 0 Å². The quantitative estimate of drug-likeness (QED) is 0.775. The number of anilines is 1. The third kappa shape index (κ3) is 2.99. The number of nitrogens with zero attached hydrogens (tertiary/aromatic N) is 2. The van der Waals surface area contributed by atoms with Gasteiger partial charge in [-0.2, -0.15) is 4.68 Å². The zero-order valence-corrected chi connectivity index (χ0v) is 13.5. The number of amides is 1. The van der Waals surface area contributed by atoms with Gasteiger partial charge in [-0.1, -0.05) is 43.3 Å². The van der Waals surface area contributed by atoms with Crippen LogP contribution in [0.5, 0.6) is 0 Å². The average molecular weight is 322 g/mol. The second-order valence-corrected chi connectivity index (χ2v) is 5.44. The molecule has 0 radical (unpaired) electrons. The smallest absolute Gasteiger partial charge is 0.319 e. The molecule has 1 aromatic heterocycles. The molecule has 0 saturated carbocycles. The van der Waals surface area contributed by atoms with Crippen molar-refractivity contribution >= 4 is 11.6 Å². The number of hydrogen-bond acceptors (Lipinski definition) is 3. The second-order valence-electron chi connectivity index (χ2n) is 5.44. The maximum atomic E-state index is 12.5. The van der Waals surface area contributed by atoms with Crippen LogP contribution >= 0.6 is 0 Å². The van der Waals surface area contributed by atoms with Crippen molar-refractivity contribution < 1.29 is 4.79 Å². The number of rotatable bonds is 4. The van der Waals surface area contributed by atoms with E-state index in [1.165, 1.54) is 4.68 Å². The lowest BCUT2D eigenvalue weighted by molar-refractivity contribution is 0.101. The van der Waals surface area contributed by atoms with Gasteiger partial charge in [0.1, 0.15) is 0 Å². The molecule has 0 bridgehead atoms. The SMILES string of the molecule is CCc1cccc(C)c1NC(=O)c1nn(-c2ccccc2)c(=O)[nH]1. The average Bonchev–Trinajstić information content (AvgIpc) is 2.99. The fourth-order valence-electron chi connectivity index (χ4n) is 2.55. The molecule has 0 aliphatic heterocycles. The maximum Gasteiger partial charge on any atom is 0.348 e. The minimum atomic E-state index is -0.452. The summed E-state index contributed by atoms with van der Waals surface area (Å²) in [6.07, 6.45) is 0.798. The molecule has 0 aliphatic carbocycles. The summed E-state index contributed by atoms with van der Waals surface area (Å²) in [5, 5.41) is 6.95. The number of aryl methyl sites for hydroxylation is 2. The minimum absolute atomic E-state index is 0.0193. The van der Waals surface area contributed by atoms with Crippen molar-refractivity contribution in [3.63, 3.8) is 0 Å². The molecule has 1 heterocycles. The molecule has 0 atom stereocenters. The van der Waals surface area contributed by atoms with E-state index in [9.17, 15) is 9.59 Å². The fraction of sp³-hybridized carbons (Fsp3) is 0.167. The summed E-state index contributed by atoms with van der Waals surface area (Å²) in [5.41, 5.74) is 2.91. The fourth-order valence-corrected chi connectivity index (χ4v) is 2.55. The maximum absolute atomic E-state index is 12.5. The van der Waals surface area contributed by atoms with Crippen molar-refractivity contribution in [2.45, 2.75) is 20.3 Å². The Morgan fingerprint density at radius 2 is 1.92 bits per heavy atom. The highest BCUT2D eigenvalue weighted by Gasteiger charge is 2.16. The first-order valence-electron chi connectivity index (χ1n) is 7.74. The van der Waals surface area contributed by atoms with Gasteiger partial charge in [-0.25, -0.2) is 4.79 Å². The Morgan fingerprint density at radius 1 is 1.17 bits per heavy atom. The third-order valence-corrected chi connectivity index (χ3v) is 3.81. The van der Waals surface area contributed by atoms with E-state index in [0.717, 1.165) is 23.2 Å². The van der Waals surface area contributed by atoms with E-state index in [2.05, 4.69) is 15.4 Å². The van der Waals surface area contributed by atoms with Crippen molar-refractivity contribution in [1.82, 2.24) is 14.8 Å². The molecule has 3 aromatic rings. The first-order valence-corrected chi connectivity index (χ1v) is 7.74. The Bertz CT molecular complexity index is 926. The molecule has 6 heteroatoms. The number of H-pyrrole nitrogens is 1. The van der Waals surface area contributed by atoms with Crippen LogP contribution in [-0.4, -0.2) is 20.7 Å². The van der Waals surface area contributed by atoms with Gasteiger partial charge < -0.3 is 5.32 Å². The van der Waals surface area contributed by atoms with Crippen LogP contribution in [0.4, 0.5) is 5.69 Å². The molecule has 0 spiro atoms. The molecule has 1 amide bonds. The van der Waals surface area contributed by atoms with Crippen molar-refractivity contribution in [1.29, 1.82) is 0 Å². The summed E-state index contributed by atoms with van der Waals surface area (Å²) in [5.74, 6) is -0.458. The standard InChI is InChI=1S/C18H18N4O2/c1-3-13-9-7-8-12(2)15(13)19-17(23)16-20-18(24)22(21-16)14-10-5-4-6-11-14/h4-11H,3H2,1-2H3,(H,19,23)(H,20,21,24). The number of aromatic nitrogens is 3. The molecule has 0 aliphatic rings. The highest BCUT2D eigenvalue weighted by atomic mass is 16.2. The number of hydrogen-bond donors (Lipinski definition) is 2. The molecular weight excluding hydrogens is 304 g/mol. The van der Waals surface area contributed by atoms with E-state index >= 15 is 0 Å². The van der Waals surface area contributed by atoms with E-state index in [1.54, 1.807) is 24.3 Å². The van der Waals surface area contributed by atoms with E-state index in [0.29, 0.717) is 5.69 Å². The summed E-state index contributed by atoms with van der Waals surface area (Å²) in [7, 11) is 0. The van der Waals surface area contributed by atoms with Crippen molar-refractivity contribution in [3.05, 3.63) is 76.0 Å². The van der Waals surface area contributed by atoms with Crippen LogP contribution in [0.1, 0.15) is 28.7 Å². The zero-order valence-electron chi connectivity index (χ0n) is 13.5. The van der Waals surface area contributed by atoms with Gasteiger partial charge in [-0.3, -0.25) is 9.78 Å². The molecular formula is C18H18N4O2. The summed E-state index contributed by atoms with van der Waals surface area (Å²) in [6.45, 7) is 3.95. The Labute approximate surface area is 139 Å². The molecule has 0 unspecified atom stereocenters. The number of benzene rings is 2.